The van der Waals surface area contributed by atoms with Crippen LogP contribution in [0.5, 0.6) is 0 Å². The molecule has 1 aromatic carbocycles. The summed E-state index contributed by atoms with van der Waals surface area (Å²) in [7, 11) is -4.15. The van der Waals surface area contributed by atoms with Crippen LogP contribution in [0.3, 0.4) is 0 Å². The average molecular weight is 584 g/mol. The van der Waals surface area contributed by atoms with Gasteiger partial charge in [0.2, 0.25) is 0 Å². The number of halogens is 1. The highest BCUT2D eigenvalue weighted by atomic mass is 79.9. The van der Waals surface area contributed by atoms with Crippen molar-refractivity contribution in [2.75, 3.05) is 11.5 Å². The van der Waals surface area contributed by atoms with Crippen LogP contribution >= 0.6 is 36.6 Å². The highest BCUT2D eigenvalue weighted by molar-refractivity contribution is 9.10. The summed E-state index contributed by atoms with van der Waals surface area (Å²) in [5, 5.41) is 34.0. The van der Waals surface area contributed by atoms with Gasteiger partial charge in [0.15, 0.2) is 0 Å². The van der Waals surface area contributed by atoms with Crippen LogP contribution in [0, 0.1) is 10.1 Å². The number of amides is 1. The third kappa shape index (κ3) is 3.89. The molecule has 0 fully saturated rings. The van der Waals surface area contributed by atoms with E-state index < -0.39 is 43.3 Å². The van der Waals surface area contributed by atoms with E-state index in [0.717, 1.165) is 11.3 Å². The number of thiol groups is 1. The Morgan fingerprint density at radius 2 is 1.71 bits per heavy atom. The van der Waals surface area contributed by atoms with Gasteiger partial charge in [0, 0.05) is 20.3 Å². The lowest BCUT2D eigenvalue weighted by Gasteiger charge is -2.58. The summed E-state index contributed by atoms with van der Waals surface area (Å²) in [4.78, 5) is 49.4. The Kier molecular flexibility index (Phi) is 7.07. The normalized spacial score (nSPS) is 17.4. The number of rotatable bonds is 9. The zero-order chi connectivity index (χ0) is 26.2. The van der Waals surface area contributed by atoms with E-state index in [-0.39, 0.29) is 36.9 Å². The van der Waals surface area contributed by atoms with Crippen LogP contribution in [0.25, 0.3) is 4.91 Å². The number of benzene rings is 1. The van der Waals surface area contributed by atoms with Gasteiger partial charge in [-0.2, -0.15) is 9.35 Å². The molecule has 1 aromatic heterocycles. The molecule has 0 saturated heterocycles. The van der Waals surface area contributed by atoms with Gasteiger partial charge in [-0.15, -0.1) is 0 Å². The number of nitro groups is 1. The molecule has 35 heavy (non-hydrogen) atoms. The van der Waals surface area contributed by atoms with Crippen molar-refractivity contribution in [3.63, 3.8) is 0 Å². The molecule has 13 heteroatoms. The molecule has 3 rings (SSSR count). The molecule has 0 saturated carbocycles. The highest BCUT2D eigenvalue weighted by Crippen LogP contribution is 2.87. The molecule has 2 heterocycles. The van der Waals surface area contributed by atoms with E-state index >= 15 is 0 Å². The van der Waals surface area contributed by atoms with Gasteiger partial charge in [0.1, 0.15) is 5.57 Å². The summed E-state index contributed by atoms with van der Waals surface area (Å²) < 4.78 is 4.92. The number of carboxylic acids is 2. The van der Waals surface area contributed by atoms with Crippen molar-refractivity contribution in [1.29, 1.82) is 0 Å². The molecule has 0 spiro atoms. The van der Waals surface area contributed by atoms with E-state index in [4.69, 9.17) is 0 Å². The molecule has 1 aliphatic rings. The molecule has 3 N–H and O–H groups in total. The fraction of sp³-hybridized carbons (Fsp3) is 0.182. The Morgan fingerprint density at radius 3 is 2.17 bits per heavy atom. The topological polar surface area (TPSA) is 159 Å². The first kappa shape index (κ1) is 26.3. The van der Waals surface area contributed by atoms with E-state index in [1.54, 1.807) is 32.0 Å². The SMILES string of the molecule is C=N[SH]1(CC)(CC)C(NC(=O)c2ccccc2Br)=C(C(=O)O)C(C(=O)O)=C1c1ccc([N+](=O)[O-])s1. The minimum absolute atomic E-state index is 0.0708. The quantitative estimate of drug-likeness (QED) is 0.144. The minimum Gasteiger partial charge on any atom is -0.478 e. The zero-order valence-electron chi connectivity index (χ0n) is 18.6. The summed E-state index contributed by atoms with van der Waals surface area (Å²) in [6, 6.07) is 9.11. The molecule has 0 atom stereocenters. The van der Waals surface area contributed by atoms with Crippen LogP contribution in [-0.4, -0.2) is 51.2 Å². The van der Waals surface area contributed by atoms with Crippen molar-refractivity contribution in [1.82, 2.24) is 5.32 Å². The zero-order valence-corrected chi connectivity index (χ0v) is 21.9. The molecule has 1 aliphatic heterocycles. The van der Waals surface area contributed by atoms with Crippen LogP contribution in [0.2, 0.25) is 0 Å². The fourth-order valence-electron chi connectivity index (χ4n) is 4.44. The maximum Gasteiger partial charge on any atom is 0.339 e. The number of carbonyl (C=O) groups is 3. The predicted molar refractivity (Wildman–Crippen MR) is 141 cm³/mol. The molecule has 0 unspecified atom stereocenters. The van der Waals surface area contributed by atoms with Gasteiger partial charge in [-0.3, -0.25) is 19.3 Å². The third-order valence-corrected chi connectivity index (χ3v) is 14.5. The summed E-state index contributed by atoms with van der Waals surface area (Å²) in [5.41, 5.74) is -0.946. The maximum absolute atomic E-state index is 13.3. The molecular weight excluding hydrogens is 562 g/mol. The standard InChI is InChI=1S/C22H22BrN3O7S2/c1-4-35(5-2,24-3)18(14-10-11-15(34-14)26(32)33)16(21(28)29)17(22(30)31)20(35)25-19(27)12-8-6-7-9-13(12)23/h6-11,35H,3-5H2,1-2H3,(H,25,27)(H,28,29)(H,30,31). The lowest BCUT2D eigenvalue weighted by Crippen LogP contribution is -2.34. The van der Waals surface area contributed by atoms with Gasteiger partial charge in [0.05, 0.1) is 21.1 Å². The Labute approximate surface area is 212 Å². The second-order valence-corrected chi connectivity index (χ2v) is 14.9. The predicted octanol–water partition coefficient (Wildman–Crippen LogP) is 4.68. The molecule has 1 amide bonds. The lowest BCUT2D eigenvalue weighted by molar-refractivity contribution is -0.380. The Balaban J connectivity index is 2.43. The van der Waals surface area contributed by atoms with Crippen LogP contribution < -0.4 is 5.32 Å². The molecular formula is C22H22BrN3O7S2. The largest absolute Gasteiger partial charge is 0.478 e. The van der Waals surface area contributed by atoms with Crippen LogP contribution in [-0.2, 0) is 9.59 Å². The van der Waals surface area contributed by atoms with Crippen LogP contribution in [0.4, 0.5) is 5.00 Å². The molecule has 186 valence electrons. The van der Waals surface area contributed by atoms with Crippen molar-refractivity contribution in [2.24, 2.45) is 4.40 Å². The summed E-state index contributed by atoms with van der Waals surface area (Å²) in [5.74, 6) is -3.48. The number of carboxylic acid groups (broad SMARTS) is 2. The number of hydrogen-bond acceptors (Lipinski definition) is 7. The number of hydrogen-bond donors (Lipinski definition) is 4. The second kappa shape index (κ2) is 9.40. The summed E-state index contributed by atoms with van der Waals surface area (Å²) in [6.07, 6.45) is 0. The lowest BCUT2D eigenvalue weighted by atomic mass is 10.1. The highest BCUT2D eigenvalue weighted by Gasteiger charge is 2.56. The van der Waals surface area contributed by atoms with Gasteiger partial charge in [-0.1, -0.05) is 37.3 Å². The molecule has 0 radical (unpaired) electrons. The van der Waals surface area contributed by atoms with Gasteiger partial charge in [0.25, 0.3) is 5.91 Å². The van der Waals surface area contributed by atoms with Gasteiger partial charge < -0.3 is 15.5 Å². The third-order valence-electron chi connectivity index (χ3n) is 6.27. The molecule has 2 aromatic rings. The number of nitrogens with one attached hydrogen (secondary N) is 1. The average Bonchev–Trinajstić information content (AvgIpc) is 3.40. The van der Waals surface area contributed by atoms with E-state index in [9.17, 15) is 34.7 Å². The van der Waals surface area contributed by atoms with E-state index in [2.05, 4.69) is 32.4 Å². The van der Waals surface area contributed by atoms with Gasteiger partial charge in [-0.25, -0.2) is 9.59 Å². The van der Waals surface area contributed by atoms with Crippen molar-refractivity contribution in [3.05, 3.63) is 77.6 Å². The van der Waals surface area contributed by atoms with Crippen LogP contribution in [0.1, 0.15) is 29.1 Å². The van der Waals surface area contributed by atoms with Crippen molar-refractivity contribution in [3.8, 4) is 0 Å². The molecule has 0 bridgehead atoms. The Morgan fingerprint density at radius 1 is 1.11 bits per heavy atom. The first-order valence-electron chi connectivity index (χ1n) is 10.2. The smallest absolute Gasteiger partial charge is 0.339 e. The van der Waals surface area contributed by atoms with Crippen molar-refractivity contribution >= 4 is 71.1 Å². The number of thiophene rings is 1. The Bertz CT molecular complexity index is 1360. The molecule has 0 aliphatic carbocycles. The number of nitrogens with zero attached hydrogens (tertiary/aromatic N) is 2. The number of carbonyl (C=O) groups excluding carboxylic acids is 1. The van der Waals surface area contributed by atoms with Gasteiger partial charge in [-0.05, 0) is 52.4 Å². The van der Waals surface area contributed by atoms with Crippen LogP contribution in [0.15, 0.2) is 61.4 Å². The fourth-order valence-corrected chi connectivity index (χ4v) is 11.5. The molecule has 10 nitrogen and oxygen atoms in total. The number of aliphatic carboxylic acids is 2. The summed E-state index contributed by atoms with van der Waals surface area (Å²) in [6.45, 7) is 7.18. The van der Waals surface area contributed by atoms with Gasteiger partial charge >= 0.3 is 16.9 Å². The summed E-state index contributed by atoms with van der Waals surface area (Å²) >= 11 is 4.02. The van der Waals surface area contributed by atoms with E-state index in [1.165, 1.54) is 18.2 Å². The first-order chi connectivity index (χ1) is 16.5. The minimum atomic E-state index is -4.15. The first-order valence-corrected chi connectivity index (χ1v) is 14.4. The second-order valence-electron chi connectivity index (χ2n) is 7.61. The van der Waals surface area contributed by atoms with Crippen molar-refractivity contribution in [2.45, 2.75) is 13.8 Å². The van der Waals surface area contributed by atoms with E-state index in [1.807, 2.05) is 0 Å². The Hall–Kier alpha value is -3.29. The van der Waals surface area contributed by atoms with Crippen molar-refractivity contribution < 1.29 is 29.5 Å². The maximum atomic E-state index is 13.3. The monoisotopic (exact) mass is 583 g/mol. The van der Waals surface area contributed by atoms with E-state index in [0.29, 0.717) is 4.47 Å².